The Morgan fingerprint density at radius 2 is 2.05 bits per heavy atom. The van der Waals surface area contributed by atoms with Crippen molar-refractivity contribution in [2.45, 2.75) is 20.0 Å². The summed E-state index contributed by atoms with van der Waals surface area (Å²) in [6.45, 7) is 4.23. The van der Waals surface area contributed by atoms with Gasteiger partial charge in [-0.2, -0.15) is 0 Å². The van der Waals surface area contributed by atoms with Crippen LogP contribution in [0.3, 0.4) is 0 Å². The van der Waals surface area contributed by atoms with Gasteiger partial charge < -0.3 is 9.47 Å². The minimum absolute atomic E-state index is 0.0799. The highest BCUT2D eigenvalue weighted by Gasteiger charge is 2.18. The summed E-state index contributed by atoms with van der Waals surface area (Å²) >= 11 is 7.09. The van der Waals surface area contributed by atoms with Gasteiger partial charge in [-0.05, 0) is 38.1 Å². The fourth-order valence-electron chi connectivity index (χ4n) is 1.71. The van der Waals surface area contributed by atoms with Crippen LogP contribution in [0.2, 0.25) is 4.34 Å². The topological polar surface area (TPSA) is 35.5 Å². The predicted molar refractivity (Wildman–Crippen MR) is 81.4 cm³/mol. The van der Waals surface area contributed by atoms with Gasteiger partial charge in [-0.15, -0.1) is 11.3 Å². The zero-order chi connectivity index (χ0) is 14.5. The SMILES string of the molecule is CCOc1cccc(OC(C)C(=O)c2ccc(Cl)s2)c1. The summed E-state index contributed by atoms with van der Waals surface area (Å²) in [6.07, 6.45) is -0.568. The number of thiophene rings is 1. The van der Waals surface area contributed by atoms with Crippen molar-refractivity contribution in [2.75, 3.05) is 6.61 Å². The van der Waals surface area contributed by atoms with Crippen LogP contribution in [-0.2, 0) is 0 Å². The number of ketones is 1. The normalized spacial score (nSPS) is 11.9. The quantitative estimate of drug-likeness (QED) is 0.739. The molecule has 0 saturated carbocycles. The number of carbonyl (C=O) groups excluding carboxylic acids is 1. The molecule has 2 rings (SSSR count). The summed E-state index contributed by atoms with van der Waals surface area (Å²) in [7, 11) is 0. The first-order valence-corrected chi connectivity index (χ1v) is 7.48. The summed E-state index contributed by atoms with van der Waals surface area (Å²) in [6, 6.07) is 10.7. The molecule has 1 atom stereocenters. The molecule has 0 aliphatic carbocycles. The van der Waals surface area contributed by atoms with Gasteiger partial charge in [0.05, 0.1) is 15.8 Å². The molecular formula is C15H15ClO3S. The maximum atomic E-state index is 12.2. The summed E-state index contributed by atoms with van der Waals surface area (Å²) in [5, 5.41) is 0. The van der Waals surface area contributed by atoms with E-state index in [0.29, 0.717) is 21.6 Å². The van der Waals surface area contributed by atoms with E-state index < -0.39 is 6.10 Å². The predicted octanol–water partition coefficient (Wildman–Crippen LogP) is 4.45. The number of carbonyl (C=O) groups is 1. The molecule has 106 valence electrons. The van der Waals surface area contributed by atoms with E-state index in [1.54, 1.807) is 31.2 Å². The van der Waals surface area contributed by atoms with E-state index in [4.69, 9.17) is 21.1 Å². The van der Waals surface area contributed by atoms with Crippen molar-refractivity contribution in [3.8, 4) is 11.5 Å². The number of hydrogen-bond acceptors (Lipinski definition) is 4. The van der Waals surface area contributed by atoms with E-state index in [9.17, 15) is 4.79 Å². The van der Waals surface area contributed by atoms with Crippen LogP contribution in [0.5, 0.6) is 11.5 Å². The fourth-order valence-corrected chi connectivity index (χ4v) is 2.77. The first-order chi connectivity index (χ1) is 9.60. The Kier molecular flexibility index (Phi) is 5.04. The van der Waals surface area contributed by atoms with Gasteiger partial charge in [0.1, 0.15) is 11.5 Å². The Hall–Kier alpha value is -1.52. The summed E-state index contributed by atoms with van der Waals surface area (Å²) in [5.74, 6) is 1.26. The average Bonchev–Trinajstić information content (AvgIpc) is 2.85. The molecule has 0 bridgehead atoms. The van der Waals surface area contributed by atoms with Gasteiger partial charge in [-0.1, -0.05) is 17.7 Å². The molecule has 0 fully saturated rings. The van der Waals surface area contributed by atoms with Crippen LogP contribution < -0.4 is 9.47 Å². The van der Waals surface area contributed by atoms with Gasteiger partial charge in [0, 0.05) is 6.07 Å². The highest BCUT2D eigenvalue weighted by molar-refractivity contribution is 7.18. The average molecular weight is 311 g/mol. The molecule has 0 N–H and O–H groups in total. The molecule has 0 amide bonds. The molecule has 1 aromatic carbocycles. The van der Waals surface area contributed by atoms with Gasteiger partial charge >= 0.3 is 0 Å². The summed E-state index contributed by atoms with van der Waals surface area (Å²) < 4.78 is 11.7. The molecule has 0 spiro atoms. The molecule has 1 heterocycles. The van der Waals surface area contributed by atoms with Crippen LogP contribution in [0.25, 0.3) is 0 Å². The Labute approximate surface area is 127 Å². The largest absolute Gasteiger partial charge is 0.494 e. The number of hydrogen-bond donors (Lipinski definition) is 0. The lowest BCUT2D eigenvalue weighted by Crippen LogP contribution is -2.23. The maximum absolute atomic E-state index is 12.2. The second-order valence-electron chi connectivity index (χ2n) is 4.14. The monoisotopic (exact) mass is 310 g/mol. The third-order valence-electron chi connectivity index (χ3n) is 2.61. The highest BCUT2D eigenvalue weighted by Crippen LogP contribution is 2.25. The minimum atomic E-state index is -0.568. The molecule has 0 aliphatic rings. The Balaban J connectivity index is 2.05. The van der Waals surface area contributed by atoms with Gasteiger partial charge in [0.15, 0.2) is 6.10 Å². The van der Waals surface area contributed by atoms with Crippen molar-refractivity contribution in [3.05, 3.63) is 45.6 Å². The minimum Gasteiger partial charge on any atom is -0.494 e. The molecular weight excluding hydrogens is 296 g/mol. The van der Waals surface area contributed by atoms with Crippen LogP contribution >= 0.6 is 22.9 Å². The van der Waals surface area contributed by atoms with Gasteiger partial charge in [-0.25, -0.2) is 0 Å². The van der Waals surface area contributed by atoms with Crippen molar-refractivity contribution < 1.29 is 14.3 Å². The molecule has 0 saturated heterocycles. The summed E-state index contributed by atoms with van der Waals surface area (Å²) in [4.78, 5) is 12.8. The van der Waals surface area contributed by atoms with Crippen molar-refractivity contribution in [3.63, 3.8) is 0 Å². The number of Topliss-reactive ketones (excluding diaryl/α,β-unsaturated/α-hetero) is 1. The van der Waals surface area contributed by atoms with Crippen molar-refractivity contribution in [1.29, 1.82) is 0 Å². The van der Waals surface area contributed by atoms with E-state index in [1.165, 1.54) is 11.3 Å². The molecule has 0 aliphatic heterocycles. The lowest BCUT2D eigenvalue weighted by atomic mass is 10.2. The summed E-state index contributed by atoms with van der Waals surface area (Å²) in [5.41, 5.74) is 0. The number of benzene rings is 1. The van der Waals surface area contributed by atoms with Crippen LogP contribution in [-0.4, -0.2) is 18.5 Å². The smallest absolute Gasteiger partial charge is 0.212 e. The maximum Gasteiger partial charge on any atom is 0.212 e. The van der Waals surface area contributed by atoms with E-state index >= 15 is 0 Å². The molecule has 2 aromatic rings. The van der Waals surface area contributed by atoms with Gasteiger partial charge in [0.25, 0.3) is 0 Å². The Morgan fingerprint density at radius 3 is 2.70 bits per heavy atom. The lowest BCUT2D eigenvalue weighted by Gasteiger charge is -2.13. The standard InChI is InChI=1S/C15H15ClO3S/c1-3-18-11-5-4-6-12(9-11)19-10(2)15(17)13-7-8-14(16)20-13/h4-10H,3H2,1-2H3. The first-order valence-electron chi connectivity index (χ1n) is 6.29. The first kappa shape index (κ1) is 14.9. The van der Waals surface area contributed by atoms with Crippen LogP contribution in [0, 0.1) is 0 Å². The number of halogens is 1. The van der Waals surface area contributed by atoms with E-state index in [2.05, 4.69) is 0 Å². The molecule has 5 heteroatoms. The van der Waals surface area contributed by atoms with Crippen molar-refractivity contribution in [1.82, 2.24) is 0 Å². The van der Waals surface area contributed by atoms with E-state index in [1.807, 2.05) is 19.1 Å². The van der Waals surface area contributed by atoms with Gasteiger partial charge in [0.2, 0.25) is 5.78 Å². The van der Waals surface area contributed by atoms with E-state index in [0.717, 1.165) is 5.75 Å². The van der Waals surface area contributed by atoms with Crippen LogP contribution in [0.1, 0.15) is 23.5 Å². The highest BCUT2D eigenvalue weighted by atomic mass is 35.5. The number of ether oxygens (including phenoxy) is 2. The van der Waals surface area contributed by atoms with Crippen molar-refractivity contribution in [2.24, 2.45) is 0 Å². The van der Waals surface area contributed by atoms with Crippen LogP contribution in [0.4, 0.5) is 0 Å². The number of rotatable bonds is 6. The molecule has 0 radical (unpaired) electrons. The second kappa shape index (κ2) is 6.77. The third-order valence-corrected chi connectivity index (χ3v) is 3.86. The Morgan fingerprint density at radius 1 is 1.30 bits per heavy atom. The van der Waals surface area contributed by atoms with E-state index in [-0.39, 0.29) is 5.78 Å². The molecule has 3 nitrogen and oxygen atoms in total. The third kappa shape index (κ3) is 3.74. The Bertz CT molecular complexity index is 594. The fraction of sp³-hybridized carbons (Fsp3) is 0.267. The molecule has 20 heavy (non-hydrogen) atoms. The lowest BCUT2D eigenvalue weighted by molar-refractivity contribution is 0.0822. The second-order valence-corrected chi connectivity index (χ2v) is 5.85. The van der Waals surface area contributed by atoms with Crippen LogP contribution in [0.15, 0.2) is 36.4 Å². The zero-order valence-electron chi connectivity index (χ0n) is 11.3. The van der Waals surface area contributed by atoms with Crippen molar-refractivity contribution >= 4 is 28.7 Å². The van der Waals surface area contributed by atoms with Gasteiger partial charge in [-0.3, -0.25) is 4.79 Å². The zero-order valence-corrected chi connectivity index (χ0v) is 12.8. The molecule has 1 aromatic heterocycles. The molecule has 1 unspecified atom stereocenters.